The molecule has 4 nitrogen and oxygen atoms in total. The molecule has 0 aliphatic heterocycles. The first kappa shape index (κ1) is 12.8. The third-order valence-electron chi connectivity index (χ3n) is 2.09. The van der Waals surface area contributed by atoms with E-state index in [4.69, 9.17) is 4.74 Å². The summed E-state index contributed by atoms with van der Waals surface area (Å²) in [5.74, 6) is -0.0855. The highest BCUT2D eigenvalue weighted by molar-refractivity contribution is 5.76. The van der Waals surface area contributed by atoms with Gasteiger partial charge in [-0.3, -0.25) is 0 Å². The van der Waals surface area contributed by atoms with E-state index < -0.39 is 12.0 Å². The van der Waals surface area contributed by atoms with Crippen molar-refractivity contribution in [3.8, 4) is 0 Å². The molecule has 0 saturated heterocycles. The molecule has 0 bridgehead atoms. The van der Waals surface area contributed by atoms with Crippen molar-refractivity contribution in [3.05, 3.63) is 0 Å². The lowest BCUT2D eigenvalue weighted by Gasteiger charge is -2.13. The molecular weight excluding hydrogens is 182 g/mol. The van der Waals surface area contributed by atoms with Gasteiger partial charge >= 0.3 is 5.97 Å². The number of hydrogen-bond acceptors (Lipinski definition) is 4. The SMILES string of the molecule is CCOC(=O)C(CC(C)CC)N=C=O. The highest BCUT2D eigenvalue weighted by Crippen LogP contribution is 2.13. The smallest absolute Gasteiger partial charge is 0.331 e. The Morgan fingerprint density at radius 3 is 2.57 bits per heavy atom. The van der Waals surface area contributed by atoms with Crippen LogP contribution in [-0.4, -0.2) is 24.7 Å². The van der Waals surface area contributed by atoms with Crippen LogP contribution < -0.4 is 0 Å². The van der Waals surface area contributed by atoms with Gasteiger partial charge in [0.25, 0.3) is 0 Å². The molecule has 0 aliphatic carbocycles. The zero-order valence-corrected chi connectivity index (χ0v) is 8.95. The summed E-state index contributed by atoms with van der Waals surface area (Å²) in [7, 11) is 0. The van der Waals surface area contributed by atoms with Crippen LogP contribution in [0.25, 0.3) is 0 Å². The minimum absolute atomic E-state index is 0.310. The number of esters is 1. The summed E-state index contributed by atoms with van der Waals surface area (Å²) in [4.78, 5) is 24.8. The second kappa shape index (κ2) is 7.27. The Bertz CT molecular complexity index is 221. The third kappa shape index (κ3) is 4.77. The van der Waals surface area contributed by atoms with Gasteiger partial charge in [-0.15, -0.1) is 0 Å². The van der Waals surface area contributed by atoms with Crippen LogP contribution in [0, 0.1) is 5.92 Å². The number of ether oxygens (including phenoxy) is 1. The number of aliphatic imine (C=N–C) groups is 1. The molecule has 80 valence electrons. The van der Waals surface area contributed by atoms with Crippen LogP contribution in [0.1, 0.15) is 33.6 Å². The molecule has 0 aromatic heterocycles. The fourth-order valence-corrected chi connectivity index (χ4v) is 1.05. The first-order valence-electron chi connectivity index (χ1n) is 4.89. The number of carbonyl (C=O) groups excluding carboxylic acids is 2. The van der Waals surface area contributed by atoms with Crippen molar-refractivity contribution < 1.29 is 14.3 Å². The van der Waals surface area contributed by atoms with E-state index in [0.29, 0.717) is 18.9 Å². The summed E-state index contributed by atoms with van der Waals surface area (Å²) >= 11 is 0. The van der Waals surface area contributed by atoms with Gasteiger partial charge in [0.2, 0.25) is 6.08 Å². The minimum Gasteiger partial charge on any atom is -0.464 e. The van der Waals surface area contributed by atoms with Crippen molar-refractivity contribution in [2.24, 2.45) is 10.9 Å². The van der Waals surface area contributed by atoms with Gasteiger partial charge in [0, 0.05) is 0 Å². The van der Waals surface area contributed by atoms with Gasteiger partial charge in [-0.1, -0.05) is 20.3 Å². The maximum atomic E-state index is 11.3. The van der Waals surface area contributed by atoms with Crippen molar-refractivity contribution in [1.82, 2.24) is 0 Å². The van der Waals surface area contributed by atoms with Crippen LogP contribution in [0.3, 0.4) is 0 Å². The maximum Gasteiger partial charge on any atom is 0.331 e. The molecule has 0 amide bonds. The van der Waals surface area contributed by atoms with Gasteiger partial charge < -0.3 is 4.74 Å². The molecule has 4 heteroatoms. The van der Waals surface area contributed by atoms with E-state index >= 15 is 0 Å². The van der Waals surface area contributed by atoms with Gasteiger partial charge in [-0.25, -0.2) is 9.59 Å². The van der Waals surface area contributed by atoms with E-state index in [1.165, 1.54) is 6.08 Å². The number of rotatable bonds is 6. The van der Waals surface area contributed by atoms with Crippen molar-refractivity contribution in [2.45, 2.75) is 39.7 Å². The quantitative estimate of drug-likeness (QED) is 0.371. The van der Waals surface area contributed by atoms with E-state index in [-0.39, 0.29) is 0 Å². The molecule has 0 radical (unpaired) electrons. The van der Waals surface area contributed by atoms with Crippen LogP contribution in [-0.2, 0) is 14.3 Å². The molecule has 2 atom stereocenters. The van der Waals surface area contributed by atoms with Crippen molar-refractivity contribution in [2.75, 3.05) is 6.61 Å². The summed E-state index contributed by atoms with van der Waals surface area (Å²) in [5, 5.41) is 0. The number of hydrogen-bond donors (Lipinski definition) is 0. The molecule has 0 aromatic carbocycles. The predicted octanol–water partition coefficient (Wildman–Crippen LogP) is 1.69. The standard InChI is InChI=1S/C10H17NO3/c1-4-8(3)6-9(11-7-12)10(13)14-5-2/h8-9H,4-6H2,1-3H3. The number of isocyanates is 1. The molecule has 0 aliphatic rings. The number of nitrogens with zero attached hydrogens (tertiary/aromatic N) is 1. The molecule has 0 heterocycles. The van der Waals surface area contributed by atoms with E-state index in [1.54, 1.807) is 6.92 Å². The lowest BCUT2D eigenvalue weighted by molar-refractivity contribution is -0.145. The third-order valence-corrected chi connectivity index (χ3v) is 2.09. The van der Waals surface area contributed by atoms with E-state index in [0.717, 1.165) is 6.42 Å². The van der Waals surface area contributed by atoms with Gasteiger partial charge in [0.15, 0.2) is 6.04 Å². The molecule has 14 heavy (non-hydrogen) atoms. The van der Waals surface area contributed by atoms with Gasteiger partial charge in [0.1, 0.15) is 0 Å². The average molecular weight is 199 g/mol. The monoisotopic (exact) mass is 199 g/mol. The van der Waals surface area contributed by atoms with Crippen LogP contribution in [0.2, 0.25) is 0 Å². The molecule has 0 N–H and O–H groups in total. The second-order valence-electron chi connectivity index (χ2n) is 3.24. The second-order valence-corrected chi connectivity index (χ2v) is 3.24. The molecule has 0 spiro atoms. The highest BCUT2D eigenvalue weighted by Gasteiger charge is 2.20. The first-order chi connectivity index (χ1) is 6.65. The Hall–Kier alpha value is -1.15. The predicted molar refractivity (Wildman–Crippen MR) is 52.6 cm³/mol. The largest absolute Gasteiger partial charge is 0.464 e. The first-order valence-corrected chi connectivity index (χ1v) is 4.89. The molecule has 2 unspecified atom stereocenters. The van der Waals surface area contributed by atoms with E-state index in [2.05, 4.69) is 4.99 Å². The maximum absolute atomic E-state index is 11.3. The fraction of sp³-hybridized carbons (Fsp3) is 0.800. The molecule has 0 fully saturated rings. The van der Waals surface area contributed by atoms with Crippen LogP contribution >= 0.6 is 0 Å². The van der Waals surface area contributed by atoms with Crippen LogP contribution in [0.15, 0.2) is 4.99 Å². The zero-order chi connectivity index (χ0) is 11.0. The topological polar surface area (TPSA) is 55.7 Å². The Balaban J connectivity index is 4.28. The summed E-state index contributed by atoms with van der Waals surface area (Å²) in [5.41, 5.74) is 0. The van der Waals surface area contributed by atoms with Gasteiger partial charge in [0.05, 0.1) is 6.61 Å². The Morgan fingerprint density at radius 2 is 2.14 bits per heavy atom. The van der Waals surface area contributed by atoms with E-state index in [9.17, 15) is 9.59 Å². The molecule has 0 aromatic rings. The van der Waals surface area contributed by atoms with Crippen LogP contribution in [0.4, 0.5) is 0 Å². The van der Waals surface area contributed by atoms with Crippen molar-refractivity contribution in [3.63, 3.8) is 0 Å². The average Bonchev–Trinajstić information content (AvgIpc) is 2.17. The van der Waals surface area contributed by atoms with Crippen LogP contribution in [0.5, 0.6) is 0 Å². The molecule has 0 rings (SSSR count). The zero-order valence-electron chi connectivity index (χ0n) is 8.95. The van der Waals surface area contributed by atoms with Crippen molar-refractivity contribution in [1.29, 1.82) is 0 Å². The lowest BCUT2D eigenvalue weighted by atomic mass is 10.00. The van der Waals surface area contributed by atoms with Gasteiger partial charge in [-0.05, 0) is 19.3 Å². The minimum atomic E-state index is -0.678. The Labute approximate surface area is 84.4 Å². The normalized spacial score (nSPS) is 13.9. The highest BCUT2D eigenvalue weighted by atomic mass is 16.5. The van der Waals surface area contributed by atoms with E-state index in [1.807, 2.05) is 13.8 Å². The lowest BCUT2D eigenvalue weighted by Crippen LogP contribution is -2.23. The van der Waals surface area contributed by atoms with Crippen molar-refractivity contribution >= 4 is 12.0 Å². The fourth-order valence-electron chi connectivity index (χ4n) is 1.05. The van der Waals surface area contributed by atoms with Gasteiger partial charge in [-0.2, -0.15) is 4.99 Å². The summed E-state index contributed by atoms with van der Waals surface area (Å²) < 4.78 is 4.79. The Morgan fingerprint density at radius 1 is 1.50 bits per heavy atom. The Kier molecular flexibility index (Phi) is 6.68. The summed E-state index contributed by atoms with van der Waals surface area (Å²) in [6.07, 6.45) is 2.91. The number of carbonyl (C=O) groups is 1. The molecule has 0 saturated carbocycles. The molecular formula is C10H17NO3. The summed E-state index contributed by atoms with van der Waals surface area (Å²) in [6, 6.07) is -0.678. The summed E-state index contributed by atoms with van der Waals surface area (Å²) in [6.45, 7) is 6.07.